The number of carbonyl (C=O) groups excluding carboxylic acids is 1. The standard InChI is InChI=1S/C12H13BrN2OS/c1-8(2)15-6-9(13)5-11(15)12(16)14-10-3-4-17-7-10/h3-8H,1-2H3,(H,14,16). The molecule has 0 aliphatic carbocycles. The molecule has 2 aromatic heterocycles. The molecular weight excluding hydrogens is 300 g/mol. The smallest absolute Gasteiger partial charge is 0.272 e. The van der Waals surface area contributed by atoms with Gasteiger partial charge >= 0.3 is 0 Å². The Labute approximate surface area is 113 Å². The van der Waals surface area contributed by atoms with Gasteiger partial charge < -0.3 is 9.88 Å². The van der Waals surface area contributed by atoms with E-state index in [-0.39, 0.29) is 11.9 Å². The molecule has 1 N–H and O–H groups in total. The lowest BCUT2D eigenvalue weighted by Crippen LogP contribution is -2.17. The van der Waals surface area contributed by atoms with Crippen LogP contribution in [0.25, 0.3) is 0 Å². The molecule has 0 radical (unpaired) electrons. The van der Waals surface area contributed by atoms with Crippen LogP contribution < -0.4 is 5.32 Å². The molecule has 17 heavy (non-hydrogen) atoms. The maximum atomic E-state index is 12.1. The molecule has 0 saturated heterocycles. The van der Waals surface area contributed by atoms with Gasteiger partial charge in [0, 0.05) is 22.1 Å². The third-order valence-electron chi connectivity index (χ3n) is 2.38. The Morgan fingerprint density at radius 1 is 1.53 bits per heavy atom. The number of nitrogens with one attached hydrogen (secondary N) is 1. The van der Waals surface area contributed by atoms with Crippen LogP contribution in [0.1, 0.15) is 30.4 Å². The van der Waals surface area contributed by atoms with Gasteiger partial charge in [0.25, 0.3) is 5.91 Å². The molecule has 0 unspecified atom stereocenters. The van der Waals surface area contributed by atoms with Crippen LogP contribution in [0.5, 0.6) is 0 Å². The van der Waals surface area contributed by atoms with E-state index in [1.54, 1.807) is 11.3 Å². The first kappa shape index (κ1) is 12.4. The van der Waals surface area contributed by atoms with Gasteiger partial charge in [-0.15, -0.1) is 0 Å². The lowest BCUT2D eigenvalue weighted by molar-refractivity contribution is 0.101. The van der Waals surface area contributed by atoms with Crippen molar-refractivity contribution in [2.24, 2.45) is 0 Å². The number of carbonyl (C=O) groups is 1. The normalized spacial score (nSPS) is 10.8. The topological polar surface area (TPSA) is 34.0 Å². The number of hydrogen-bond acceptors (Lipinski definition) is 2. The van der Waals surface area contributed by atoms with Crippen molar-refractivity contribution in [3.8, 4) is 0 Å². The number of nitrogens with zero attached hydrogens (tertiary/aromatic N) is 1. The van der Waals surface area contributed by atoms with Gasteiger partial charge in [-0.3, -0.25) is 4.79 Å². The molecule has 0 saturated carbocycles. The summed E-state index contributed by atoms with van der Waals surface area (Å²) in [6.45, 7) is 4.10. The first-order valence-corrected chi connectivity index (χ1v) is 7.02. The van der Waals surface area contributed by atoms with Crippen molar-refractivity contribution in [2.75, 3.05) is 5.32 Å². The number of hydrogen-bond donors (Lipinski definition) is 1. The summed E-state index contributed by atoms with van der Waals surface area (Å²) in [4.78, 5) is 12.1. The van der Waals surface area contributed by atoms with Crippen molar-refractivity contribution in [3.63, 3.8) is 0 Å². The zero-order valence-electron chi connectivity index (χ0n) is 9.61. The van der Waals surface area contributed by atoms with Crippen molar-refractivity contribution in [3.05, 3.63) is 39.3 Å². The molecule has 0 atom stereocenters. The number of amides is 1. The van der Waals surface area contributed by atoms with Crippen LogP contribution in [-0.2, 0) is 0 Å². The van der Waals surface area contributed by atoms with Crippen molar-refractivity contribution in [1.29, 1.82) is 0 Å². The van der Waals surface area contributed by atoms with Crippen LogP contribution in [0.3, 0.4) is 0 Å². The molecule has 0 aliphatic heterocycles. The van der Waals surface area contributed by atoms with Gasteiger partial charge in [0.1, 0.15) is 5.69 Å². The lowest BCUT2D eigenvalue weighted by Gasteiger charge is -2.12. The largest absolute Gasteiger partial charge is 0.340 e. The Morgan fingerprint density at radius 3 is 2.88 bits per heavy atom. The van der Waals surface area contributed by atoms with E-state index in [4.69, 9.17) is 0 Å². The van der Waals surface area contributed by atoms with E-state index in [9.17, 15) is 4.79 Å². The molecule has 0 bridgehead atoms. The van der Waals surface area contributed by atoms with E-state index in [0.717, 1.165) is 10.2 Å². The number of anilines is 1. The highest BCUT2D eigenvalue weighted by Crippen LogP contribution is 2.21. The predicted molar refractivity (Wildman–Crippen MR) is 74.8 cm³/mol. The minimum absolute atomic E-state index is 0.0807. The second-order valence-electron chi connectivity index (χ2n) is 4.01. The summed E-state index contributed by atoms with van der Waals surface area (Å²) in [5.41, 5.74) is 1.51. The van der Waals surface area contributed by atoms with Crippen LogP contribution in [0.4, 0.5) is 5.69 Å². The zero-order chi connectivity index (χ0) is 12.4. The van der Waals surface area contributed by atoms with Crippen molar-refractivity contribution < 1.29 is 4.79 Å². The van der Waals surface area contributed by atoms with Crippen LogP contribution in [-0.4, -0.2) is 10.5 Å². The minimum Gasteiger partial charge on any atom is -0.340 e. The summed E-state index contributed by atoms with van der Waals surface area (Å²) in [7, 11) is 0. The maximum absolute atomic E-state index is 12.1. The van der Waals surface area contributed by atoms with Gasteiger partial charge in [0.15, 0.2) is 0 Å². The fourth-order valence-electron chi connectivity index (χ4n) is 1.59. The summed E-state index contributed by atoms with van der Waals surface area (Å²) >= 11 is 4.96. The average molecular weight is 313 g/mol. The zero-order valence-corrected chi connectivity index (χ0v) is 12.0. The summed E-state index contributed by atoms with van der Waals surface area (Å²) in [6.07, 6.45) is 1.92. The fraction of sp³-hybridized carbons (Fsp3) is 0.250. The quantitative estimate of drug-likeness (QED) is 0.907. The Morgan fingerprint density at radius 2 is 2.29 bits per heavy atom. The average Bonchev–Trinajstić information content (AvgIpc) is 2.86. The highest BCUT2D eigenvalue weighted by atomic mass is 79.9. The monoisotopic (exact) mass is 312 g/mol. The molecule has 3 nitrogen and oxygen atoms in total. The third-order valence-corrected chi connectivity index (χ3v) is 3.50. The number of rotatable bonds is 3. The fourth-order valence-corrected chi connectivity index (χ4v) is 2.61. The van der Waals surface area contributed by atoms with Gasteiger partial charge in [-0.25, -0.2) is 0 Å². The van der Waals surface area contributed by atoms with E-state index >= 15 is 0 Å². The first-order chi connectivity index (χ1) is 8.08. The highest BCUT2D eigenvalue weighted by Gasteiger charge is 2.15. The van der Waals surface area contributed by atoms with Gasteiger partial charge in [-0.2, -0.15) is 11.3 Å². The summed E-state index contributed by atoms with van der Waals surface area (Å²) in [6, 6.07) is 3.98. The molecule has 2 heterocycles. The van der Waals surface area contributed by atoms with E-state index in [1.807, 2.05) is 47.5 Å². The second-order valence-corrected chi connectivity index (χ2v) is 5.71. The minimum atomic E-state index is -0.0807. The van der Waals surface area contributed by atoms with E-state index in [0.29, 0.717) is 5.69 Å². The van der Waals surface area contributed by atoms with Crippen LogP contribution in [0.2, 0.25) is 0 Å². The Bertz CT molecular complexity index is 517. The van der Waals surface area contributed by atoms with Crippen LogP contribution in [0, 0.1) is 0 Å². The second kappa shape index (κ2) is 5.06. The molecule has 2 rings (SSSR count). The number of halogens is 1. The summed E-state index contributed by atoms with van der Waals surface area (Å²) in [5, 5.41) is 6.73. The molecule has 2 aromatic rings. The molecule has 0 aliphatic rings. The van der Waals surface area contributed by atoms with Gasteiger partial charge in [-0.05, 0) is 47.3 Å². The molecule has 0 spiro atoms. The molecule has 5 heteroatoms. The molecular formula is C12H13BrN2OS. The van der Waals surface area contributed by atoms with E-state index in [1.165, 1.54) is 0 Å². The summed E-state index contributed by atoms with van der Waals surface area (Å²) < 4.78 is 2.87. The molecule has 0 fully saturated rings. The number of thiophene rings is 1. The maximum Gasteiger partial charge on any atom is 0.272 e. The van der Waals surface area contributed by atoms with E-state index < -0.39 is 0 Å². The van der Waals surface area contributed by atoms with Crippen LogP contribution in [0.15, 0.2) is 33.6 Å². The van der Waals surface area contributed by atoms with Gasteiger partial charge in [-0.1, -0.05) is 0 Å². The van der Waals surface area contributed by atoms with E-state index in [2.05, 4.69) is 21.2 Å². The molecule has 1 amide bonds. The Balaban J connectivity index is 2.24. The Kier molecular flexibility index (Phi) is 3.69. The molecule has 0 aromatic carbocycles. The third kappa shape index (κ3) is 2.79. The lowest BCUT2D eigenvalue weighted by atomic mass is 10.3. The van der Waals surface area contributed by atoms with Gasteiger partial charge in [0.05, 0.1) is 5.69 Å². The van der Waals surface area contributed by atoms with Crippen LogP contribution >= 0.6 is 27.3 Å². The predicted octanol–water partition coefficient (Wildman–Crippen LogP) is 4.15. The van der Waals surface area contributed by atoms with Crippen molar-refractivity contribution >= 4 is 38.9 Å². The van der Waals surface area contributed by atoms with Gasteiger partial charge in [0.2, 0.25) is 0 Å². The molecule has 90 valence electrons. The van der Waals surface area contributed by atoms with Crippen molar-refractivity contribution in [2.45, 2.75) is 19.9 Å². The Hall–Kier alpha value is -1.07. The highest BCUT2D eigenvalue weighted by molar-refractivity contribution is 9.10. The summed E-state index contributed by atoms with van der Waals surface area (Å²) in [5.74, 6) is -0.0807. The van der Waals surface area contributed by atoms with Crippen molar-refractivity contribution in [1.82, 2.24) is 4.57 Å². The SMILES string of the molecule is CC(C)n1cc(Br)cc1C(=O)Nc1ccsc1. The number of aromatic nitrogens is 1. The first-order valence-electron chi connectivity index (χ1n) is 5.29.